The van der Waals surface area contributed by atoms with Crippen molar-refractivity contribution in [2.45, 2.75) is 26.3 Å². The normalized spacial score (nSPS) is 12.3. The molecule has 4 heteroatoms. The molecule has 0 aromatic heterocycles. The van der Waals surface area contributed by atoms with Crippen molar-refractivity contribution < 1.29 is 13.5 Å². The number of hydrogen-bond acceptors (Lipinski definition) is 2. The highest BCUT2D eigenvalue weighted by molar-refractivity contribution is 5.43. The minimum absolute atomic E-state index is 0.318. The Labute approximate surface area is 123 Å². The third-order valence-corrected chi connectivity index (χ3v) is 3.64. The van der Waals surface area contributed by atoms with Gasteiger partial charge in [0.25, 0.3) is 0 Å². The van der Waals surface area contributed by atoms with E-state index in [4.69, 9.17) is 10.5 Å². The highest BCUT2D eigenvalue weighted by Crippen LogP contribution is 2.27. The second-order valence-electron chi connectivity index (χ2n) is 5.22. The number of hydrogen-bond donors (Lipinski definition) is 1. The lowest BCUT2D eigenvalue weighted by atomic mass is 9.94. The molecule has 0 heterocycles. The summed E-state index contributed by atoms with van der Waals surface area (Å²) < 4.78 is 31.9. The zero-order chi connectivity index (χ0) is 15.6. The first-order valence-electron chi connectivity index (χ1n) is 6.77. The molecule has 2 nitrogen and oxygen atoms in total. The van der Waals surface area contributed by atoms with Crippen LogP contribution in [0.3, 0.4) is 0 Å². The van der Waals surface area contributed by atoms with Crippen molar-refractivity contribution in [3.8, 4) is 5.75 Å². The van der Waals surface area contributed by atoms with Crippen LogP contribution in [0.25, 0.3) is 0 Å². The Morgan fingerprint density at radius 1 is 1.10 bits per heavy atom. The van der Waals surface area contributed by atoms with Gasteiger partial charge in [-0.2, -0.15) is 0 Å². The van der Waals surface area contributed by atoms with Crippen LogP contribution in [0.1, 0.15) is 28.3 Å². The molecule has 0 radical (unpaired) electrons. The predicted molar refractivity (Wildman–Crippen MR) is 79.5 cm³/mol. The SMILES string of the molecule is COc1cc(C)c(C(N)Cc2ccc(F)cc2F)cc1C. The first-order chi connectivity index (χ1) is 9.92. The van der Waals surface area contributed by atoms with E-state index in [2.05, 4.69) is 0 Å². The fourth-order valence-electron chi connectivity index (χ4n) is 2.47. The molecular formula is C17H19F2NO. The average molecular weight is 291 g/mol. The van der Waals surface area contributed by atoms with Gasteiger partial charge in [-0.1, -0.05) is 12.1 Å². The van der Waals surface area contributed by atoms with Gasteiger partial charge in [-0.25, -0.2) is 8.78 Å². The summed E-state index contributed by atoms with van der Waals surface area (Å²) >= 11 is 0. The summed E-state index contributed by atoms with van der Waals surface area (Å²) in [4.78, 5) is 0. The van der Waals surface area contributed by atoms with E-state index in [1.165, 1.54) is 12.1 Å². The zero-order valence-corrected chi connectivity index (χ0v) is 12.4. The van der Waals surface area contributed by atoms with E-state index in [0.717, 1.165) is 28.5 Å². The molecule has 1 atom stereocenters. The van der Waals surface area contributed by atoms with Gasteiger partial charge in [-0.05, 0) is 54.7 Å². The van der Waals surface area contributed by atoms with Gasteiger partial charge in [0.05, 0.1) is 7.11 Å². The molecule has 0 aliphatic heterocycles. The van der Waals surface area contributed by atoms with Crippen LogP contribution in [0.5, 0.6) is 5.75 Å². The molecule has 0 saturated carbocycles. The summed E-state index contributed by atoms with van der Waals surface area (Å²) in [5.41, 5.74) is 9.52. The van der Waals surface area contributed by atoms with Crippen molar-refractivity contribution >= 4 is 0 Å². The minimum Gasteiger partial charge on any atom is -0.496 e. The maximum atomic E-state index is 13.7. The van der Waals surface area contributed by atoms with E-state index in [-0.39, 0.29) is 6.04 Å². The summed E-state index contributed by atoms with van der Waals surface area (Å²) in [6.07, 6.45) is 0.318. The predicted octanol–water partition coefficient (Wildman–Crippen LogP) is 3.83. The second kappa shape index (κ2) is 6.22. The molecule has 21 heavy (non-hydrogen) atoms. The van der Waals surface area contributed by atoms with Crippen LogP contribution in [0, 0.1) is 25.5 Å². The standard InChI is InChI=1S/C17H19F2NO/c1-10-7-17(21-3)11(2)6-14(10)16(20)8-12-4-5-13(18)9-15(12)19/h4-7,9,16H,8,20H2,1-3H3. The van der Waals surface area contributed by atoms with Crippen LogP contribution >= 0.6 is 0 Å². The Bertz CT molecular complexity index is 655. The van der Waals surface area contributed by atoms with Gasteiger partial charge in [0, 0.05) is 12.1 Å². The van der Waals surface area contributed by atoms with Crippen LogP contribution in [-0.4, -0.2) is 7.11 Å². The van der Waals surface area contributed by atoms with Crippen molar-refractivity contribution in [1.82, 2.24) is 0 Å². The highest BCUT2D eigenvalue weighted by atomic mass is 19.1. The Balaban J connectivity index is 2.28. The van der Waals surface area contributed by atoms with E-state index in [1.807, 2.05) is 26.0 Å². The largest absolute Gasteiger partial charge is 0.496 e. The number of benzene rings is 2. The van der Waals surface area contributed by atoms with E-state index < -0.39 is 11.6 Å². The minimum atomic E-state index is -0.582. The van der Waals surface area contributed by atoms with E-state index in [1.54, 1.807) is 7.11 Å². The number of methoxy groups -OCH3 is 1. The number of rotatable bonds is 4. The van der Waals surface area contributed by atoms with Gasteiger partial charge in [0.1, 0.15) is 17.4 Å². The van der Waals surface area contributed by atoms with Gasteiger partial charge in [-0.3, -0.25) is 0 Å². The fourth-order valence-corrected chi connectivity index (χ4v) is 2.47. The zero-order valence-electron chi connectivity index (χ0n) is 12.4. The maximum absolute atomic E-state index is 13.7. The summed E-state index contributed by atoms with van der Waals surface area (Å²) in [5, 5.41) is 0. The van der Waals surface area contributed by atoms with Gasteiger partial charge in [0.2, 0.25) is 0 Å². The third kappa shape index (κ3) is 3.39. The van der Waals surface area contributed by atoms with Crippen molar-refractivity contribution in [3.05, 3.63) is 64.2 Å². The second-order valence-corrected chi connectivity index (χ2v) is 5.22. The van der Waals surface area contributed by atoms with Gasteiger partial charge in [-0.15, -0.1) is 0 Å². The number of nitrogens with two attached hydrogens (primary N) is 1. The van der Waals surface area contributed by atoms with E-state index >= 15 is 0 Å². The molecule has 2 aromatic carbocycles. The van der Waals surface area contributed by atoms with Gasteiger partial charge >= 0.3 is 0 Å². The molecule has 0 fully saturated rings. The van der Waals surface area contributed by atoms with Crippen LogP contribution in [0.4, 0.5) is 8.78 Å². The van der Waals surface area contributed by atoms with E-state index in [9.17, 15) is 8.78 Å². The van der Waals surface area contributed by atoms with Gasteiger partial charge < -0.3 is 10.5 Å². The smallest absolute Gasteiger partial charge is 0.129 e. The number of aryl methyl sites for hydroxylation is 2. The van der Waals surface area contributed by atoms with Crippen LogP contribution < -0.4 is 10.5 Å². The molecule has 1 unspecified atom stereocenters. The summed E-state index contributed by atoms with van der Waals surface area (Å²) in [7, 11) is 1.62. The molecule has 2 rings (SSSR count). The molecular weight excluding hydrogens is 272 g/mol. The first kappa shape index (κ1) is 15.4. The monoisotopic (exact) mass is 291 g/mol. The van der Waals surface area contributed by atoms with Crippen LogP contribution in [-0.2, 0) is 6.42 Å². The molecule has 0 aliphatic rings. The number of halogens is 2. The molecule has 2 N–H and O–H groups in total. The molecule has 0 aliphatic carbocycles. The third-order valence-electron chi connectivity index (χ3n) is 3.64. The molecule has 0 spiro atoms. The van der Waals surface area contributed by atoms with Crippen LogP contribution in [0.2, 0.25) is 0 Å². The summed E-state index contributed by atoms with van der Waals surface area (Å²) in [6.45, 7) is 3.88. The van der Waals surface area contributed by atoms with Crippen molar-refractivity contribution in [1.29, 1.82) is 0 Å². The van der Waals surface area contributed by atoms with E-state index in [0.29, 0.717) is 12.0 Å². The van der Waals surface area contributed by atoms with Crippen molar-refractivity contribution in [2.24, 2.45) is 5.73 Å². The van der Waals surface area contributed by atoms with Crippen molar-refractivity contribution in [2.75, 3.05) is 7.11 Å². The summed E-state index contributed by atoms with van der Waals surface area (Å²) in [6, 6.07) is 7.10. The Morgan fingerprint density at radius 3 is 2.43 bits per heavy atom. The molecule has 0 amide bonds. The van der Waals surface area contributed by atoms with Crippen molar-refractivity contribution in [3.63, 3.8) is 0 Å². The average Bonchev–Trinajstić information content (AvgIpc) is 2.43. The van der Waals surface area contributed by atoms with Gasteiger partial charge in [0.15, 0.2) is 0 Å². The lowest BCUT2D eigenvalue weighted by Gasteiger charge is -2.18. The molecule has 0 saturated heterocycles. The lowest BCUT2D eigenvalue weighted by Crippen LogP contribution is -2.16. The Kier molecular flexibility index (Phi) is 4.58. The molecule has 112 valence electrons. The Hall–Kier alpha value is -1.94. The fraction of sp³-hybridized carbons (Fsp3) is 0.294. The maximum Gasteiger partial charge on any atom is 0.129 e. The lowest BCUT2D eigenvalue weighted by molar-refractivity contribution is 0.411. The highest BCUT2D eigenvalue weighted by Gasteiger charge is 2.15. The summed E-state index contributed by atoms with van der Waals surface area (Å²) in [5.74, 6) is -0.342. The molecule has 2 aromatic rings. The topological polar surface area (TPSA) is 35.2 Å². The quantitative estimate of drug-likeness (QED) is 0.929. The number of ether oxygens (including phenoxy) is 1. The Morgan fingerprint density at radius 2 is 1.81 bits per heavy atom. The van der Waals surface area contributed by atoms with Crippen LogP contribution in [0.15, 0.2) is 30.3 Å². The molecule has 0 bridgehead atoms. The first-order valence-corrected chi connectivity index (χ1v) is 6.77.